The molecule has 4 nitrogen and oxygen atoms in total. The second kappa shape index (κ2) is 6.71. The van der Waals surface area contributed by atoms with E-state index in [4.69, 9.17) is 0 Å². The maximum atomic E-state index is 12.6. The van der Waals surface area contributed by atoms with Crippen LogP contribution in [-0.2, 0) is 9.59 Å². The summed E-state index contributed by atoms with van der Waals surface area (Å²) >= 11 is 0. The van der Waals surface area contributed by atoms with Crippen molar-refractivity contribution in [3.63, 3.8) is 0 Å². The van der Waals surface area contributed by atoms with E-state index in [2.05, 4.69) is 11.4 Å². The first-order chi connectivity index (χ1) is 11.8. The first-order valence-electron chi connectivity index (χ1n) is 8.61. The lowest BCUT2D eigenvalue weighted by Crippen LogP contribution is -2.29. The monoisotopic (exact) mass is 336 g/mol. The Balaban J connectivity index is 1.77. The number of hydrogen-bond acceptors (Lipinski definition) is 2. The van der Waals surface area contributed by atoms with Crippen molar-refractivity contribution in [1.29, 1.82) is 0 Å². The van der Waals surface area contributed by atoms with Gasteiger partial charge in [-0.2, -0.15) is 0 Å². The summed E-state index contributed by atoms with van der Waals surface area (Å²) in [4.78, 5) is 26.9. The highest BCUT2D eigenvalue weighted by molar-refractivity contribution is 6.04. The molecule has 0 saturated carbocycles. The number of anilines is 2. The largest absolute Gasteiger partial charge is 0.326 e. The predicted octanol–water partition coefficient (Wildman–Crippen LogP) is 3.91. The second-order valence-corrected chi connectivity index (χ2v) is 7.01. The van der Waals surface area contributed by atoms with Crippen LogP contribution in [0.25, 0.3) is 0 Å². The van der Waals surface area contributed by atoms with E-state index in [0.717, 1.165) is 33.6 Å². The molecule has 0 spiro atoms. The summed E-state index contributed by atoms with van der Waals surface area (Å²) in [6, 6.07) is 11.9. The average molecular weight is 336 g/mol. The number of carbonyl (C=O) groups is 2. The van der Waals surface area contributed by atoms with Crippen LogP contribution in [-0.4, -0.2) is 18.4 Å². The molecule has 0 aromatic heterocycles. The molecule has 130 valence electrons. The van der Waals surface area contributed by atoms with Gasteiger partial charge in [0.2, 0.25) is 11.8 Å². The van der Waals surface area contributed by atoms with Gasteiger partial charge in [-0.3, -0.25) is 9.59 Å². The first kappa shape index (κ1) is 17.2. The number of hydrogen-bond donors (Lipinski definition) is 1. The third-order valence-electron chi connectivity index (χ3n) is 4.69. The van der Waals surface area contributed by atoms with Gasteiger partial charge in [0.1, 0.15) is 0 Å². The summed E-state index contributed by atoms with van der Waals surface area (Å²) in [5.41, 5.74) is 6.06. The van der Waals surface area contributed by atoms with Crippen molar-refractivity contribution in [1.82, 2.24) is 0 Å². The minimum atomic E-state index is -0.327. The Hall–Kier alpha value is -2.62. The number of nitrogens with one attached hydrogen (secondary N) is 1. The summed E-state index contributed by atoms with van der Waals surface area (Å²) in [7, 11) is 0. The van der Waals surface area contributed by atoms with Gasteiger partial charge in [-0.15, -0.1) is 0 Å². The molecule has 4 heteroatoms. The zero-order valence-corrected chi connectivity index (χ0v) is 15.2. The van der Waals surface area contributed by atoms with Crippen LogP contribution in [0.1, 0.15) is 28.7 Å². The van der Waals surface area contributed by atoms with Crippen molar-refractivity contribution in [2.24, 2.45) is 5.92 Å². The molecule has 1 aliphatic rings. The van der Waals surface area contributed by atoms with E-state index in [1.807, 2.05) is 58.0 Å². The molecule has 1 N–H and O–H groups in total. The number of aryl methyl sites for hydroxylation is 4. The Morgan fingerprint density at radius 3 is 2.24 bits per heavy atom. The molecule has 0 unspecified atom stereocenters. The highest BCUT2D eigenvalue weighted by atomic mass is 16.2. The van der Waals surface area contributed by atoms with Gasteiger partial charge >= 0.3 is 0 Å². The van der Waals surface area contributed by atoms with E-state index >= 15 is 0 Å². The van der Waals surface area contributed by atoms with Gasteiger partial charge < -0.3 is 10.2 Å². The molecule has 1 saturated heterocycles. The smallest absolute Gasteiger partial charge is 0.229 e. The fourth-order valence-electron chi connectivity index (χ4n) is 3.62. The molecule has 3 rings (SSSR count). The van der Waals surface area contributed by atoms with Crippen molar-refractivity contribution >= 4 is 23.2 Å². The highest BCUT2D eigenvalue weighted by Gasteiger charge is 2.36. The highest BCUT2D eigenvalue weighted by Crippen LogP contribution is 2.31. The fourth-order valence-corrected chi connectivity index (χ4v) is 3.62. The van der Waals surface area contributed by atoms with Gasteiger partial charge in [-0.25, -0.2) is 0 Å². The summed E-state index contributed by atoms with van der Waals surface area (Å²) in [5.74, 6) is -0.405. The predicted molar refractivity (Wildman–Crippen MR) is 101 cm³/mol. The van der Waals surface area contributed by atoms with E-state index in [1.165, 1.54) is 0 Å². The molecule has 0 bridgehead atoms. The number of amides is 2. The molecule has 1 aliphatic heterocycles. The van der Waals surface area contributed by atoms with Crippen LogP contribution in [0.15, 0.2) is 36.4 Å². The van der Waals surface area contributed by atoms with E-state index in [1.54, 1.807) is 4.90 Å². The molecule has 25 heavy (non-hydrogen) atoms. The van der Waals surface area contributed by atoms with Crippen molar-refractivity contribution in [2.45, 2.75) is 34.1 Å². The average Bonchev–Trinajstić information content (AvgIpc) is 2.88. The van der Waals surface area contributed by atoms with Crippen LogP contribution in [0.4, 0.5) is 11.4 Å². The van der Waals surface area contributed by atoms with E-state index < -0.39 is 0 Å². The van der Waals surface area contributed by atoms with Crippen LogP contribution in [0, 0.1) is 33.6 Å². The number of rotatable bonds is 3. The van der Waals surface area contributed by atoms with E-state index in [-0.39, 0.29) is 24.2 Å². The SMILES string of the molecule is Cc1cc(C)cc(NC(=O)[C@H]2CC(=O)N(c3c(C)cccc3C)C2)c1. The number of carbonyl (C=O) groups excluding carboxylic acids is 2. The van der Waals surface area contributed by atoms with Crippen molar-refractivity contribution in [2.75, 3.05) is 16.8 Å². The van der Waals surface area contributed by atoms with Crippen molar-refractivity contribution in [3.8, 4) is 0 Å². The fraction of sp³-hybridized carbons (Fsp3) is 0.333. The van der Waals surface area contributed by atoms with Gasteiger partial charge in [0.25, 0.3) is 0 Å². The molecule has 0 aliphatic carbocycles. The van der Waals surface area contributed by atoms with Gasteiger partial charge in [0, 0.05) is 24.3 Å². The Morgan fingerprint density at radius 2 is 1.64 bits per heavy atom. The Morgan fingerprint density at radius 1 is 1.04 bits per heavy atom. The van der Waals surface area contributed by atoms with Crippen LogP contribution in [0.3, 0.4) is 0 Å². The number of nitrogens with zero attached hydrogens (tertiary/aromatic N) is 1. The molecule has 2 aromatic carbocycles. The minimum absolute atomic E-state index is 0.0120. The summed E-state index contributed by atoms with van der Waals surface area (Å²) in [6.45, 7) is 8.44. The molecule has 2 aromatic rings. The molecule has 0 radical (unpaired) electrons. The lowest BCUT2D eigenvalue weighted by atomic mass is 10.1. The van der Waals surface area contributed by atoms with Crippen LogP contribution in [0.2, 0.25) is 0 Å². The normalized spacial score (nSPS) is 17.0. The molecular formula is C21H24N2O2. The standard InChI is InChI=1S/C21H24N2O2/c1-13-8-14(2)10-18(9-13)22-21(25)17-11-19(24)23(12-17)20-15(3)6-5-7-16(20)4/h5-10,17H,11-12H2,1-4H3,(H,22,25)/t17-/m0/s1. The molecule has 1 atom stereocenters. The lowest BCUT2D eigenvalue weighted by molar-refractivity contribution is -0.122. The van der Waals surface area contributed by atoms with Crippen molar-refractivity contribution < 1.29 is 9.59 Å². The zero-order chi connectivity index (χ0) is 18.1. The maximum absolute atomic E-state index is 12.6. The minimum Gasteiger partial charge on any atom is -0.326 e. The Bertz CT molecular complexity index is 801. The van der Waals surface area contributed by atoms with Gasteiger partial charge in [-0.1, -0.05) is 24.3 Å². The lowest BCUT2D eigenvalue weighted by Gasteiger charge is -2.21. The molecule has 2 amide bonds. The first-order valence-corrected chi connectivity index (χ1v) is 8.61. The van der Waals surface area contributed by atoms with Crippen LogP contribution >= 0.6 is 0 Å². The number of para-hydroxylation sites is 1. The molecule has 1 heterocycles. The topological polar surface area (TPSA) is 49.4 Å². The quantitative estimate of drug-likeness (QED) is 0.924. The third kappa shape index (κ3) is 3.58. The summed E-state index contributed by atoms with van der Waals surface area (Å²) in [5, 5.41) is 2.97. The summed E-state index contributed by atoms with van der Waals surface area (Å²) in [6.07, 6.45) is 0.254. The maximum Gasteiger partial charge on any atom is 0.229 e. The Labute approximate surface area is 148 Å². The number of benzene rings is 2. The van der Waals surface area contributed by atoms with Crippen LogP contribution < -0.4 is 10.2 Å². The van der Waals surface area contributed by atoms with Gasteiger partial charge in [0.15, 0.2) is 0 Å². The van der Waals surface area contributed by atoms with Gasteiger partial charge in [0.05, 0.1) is 5.92 Å². The van der Waals surface area contributed by atoms with E-state index in [9.17, 15) is 9.59 Å². The van der Waals surface area contributed by atoms with Gasteiger partial charge in [-0.05, 0) is 62.1 Å². The molecule has 1 fully saturated rings. The van der Waals surface area contributed by atoms with E-state index in [0.29, 0.717) is 6.54 Å². The second-order valence-electron chi connectivity index (χ2n) is 7.01. The third-order valence-corrected chi connectivity index (χ3v) is 4.69. The van der Waals surface area contributed by atoms with Crippen LogP contribution in [0.5, 0.6) is 0 Å². The summed E-state index contributed by atoms with van der Waals surface area (Å²) < 4.78 is 0. The zero-order valence-electron chi connectivity index (χ0n) is 15.2. The Kier molecular flexibility index (Phi) is 4.62. The molecular weight excluding hydrogens is 312 g/mol. The van der Waals surface area contributed by atoms with Crippen molar-refractivity contribution in [3.05, 3.63) is 58.7 Å².